The molecule has 0 spiro atoms. The molecule has 6 nitrogen and oxygen atoms in total. The summed E-state index contributed by atoms with van der Waals surface area (Å²) in [6.07, 6.45) is 0. The highest BCUT2D eigenvalue weighted by molar-refractivity contribution is 6.02. The molecule has 0 atom stereocenters. The van der Waals surface area contributed by atoms with Crippen molar-refractivity contribution in [3.8, 4) is 11.5 Å². The maximum atomic E-state index is 11.4. The largest absolute Gasteiger partial charge is 0.504 e. The molecule has 0 bridgehead atoms. The van der Waals surface area contributed by atoms with Gasteiger partial charge in [0.25, 0.3) is 11.8 Å². The minimum Gasteiger partial charge on any atom is -0.504 e. The van der Waals surface area contributed by atoms with E-state index < -0.39 is 23.3 Å². The number of nitrogens with two attached hydrogens (primary N) is 1. The van der Waals surface area contributed by atoms with Crippen LogP contribution in [0.4, 0.5) is 0 Å². The molecule has 0 radical (unpaired) electrons. The zero-order valence-corrected chi connectivity index (χ0v) is 8.65. The van der Waals surface area contributed by atoms with E-state index in [1.165, 1.54) is 12.1 Å². The van der Waals surface area contributed by atoms with Gasteiger partial charge in [-0.3, -0.25) is 9.59 Å². The van der Waals surface area contributed by atoms with Gasteiger partial charge in [-0.1, -0.05) is 0 Å². The molecule has 0 aliphatic heterocycles. The number of nitrogens with one attached hydrogen (secondary N) is 1. The van der Waals surface area contributed by atoms with E-state index in [4.69, 9.17) is 5.73 Å². The monoisotopic (exact) mass is 224 g/mol. The molecule has 0 unspecified atom stereocenters. The second kappa shape index (κ2) is 4.52. The third-order valence-corrected chi connectivity index (χ3v) is 2.00. The van der Waals surface area contributed by atoms with Crippen LogP contribution in [0, 0.1) is 0 Å². The number of carbonyl (C=O) groups excluding carboxylic acids is 2. The summed E-state index contributed by atoms with van der Waals surface area (Å²) in [5.74, 6) is -2.75. The van der Waals surface area contributed by atoms with Crippen molar-refractivity contribution < 1.29 is 19.8 Å². The minimum atomic E-state index is -0.879. The van der Waals surface area contributed by atoms with Crippen LogP contribution in [-0.4, -0.2) is 28.6 Å². The molecule has 0 aromatic heterocycles. The molecule has 2 amide bonds. The van der Waals surface area contributed by atoms with Crippen molar-refractivity contribution in [2.24, 2.45) is 5.73 Å². The number of hydrogen-bond donors (Lipinski definition) is 4. The predicted octanol–water partition coefficient (Wildman–Crippen LogP) is -0.0536. The number of phenolic OH excluding ortho intramolecular Hbond substituents is 1. The number of phenols is 2. The quantitative estimate of drug-likeness (QED) is 0.539. The molecule has 0 fully saturated rings. The summed E-state index contributed by atoms with van der Waals surface area (Å²) < 4.78 is 0. The van der Waals surface area contributed by atoms with Crippen molar-refractivity contribution in [2.45, 2.75) is 6.92 Å². The van der Waals surface area contributed by atoms with E-state index in [0.717, 1.165) is 0 Å². The number of benzene rings is 1. The average Bonchev–Trinajstić information content (AvgIpc) is 2.21. The molecule has 0 saturated heterocycles. The molecular formula is C10H12N2O4. The standard InChI is InChI=1S/C10H12N2O4/c1-2-12-10(16)6-4-3-5(9(11)15)7(13)8(6)14/h3-4,13-14H,2H2,1H3,(H2,11,15)(H,12,16). The Kier molecular flexibility index (Phi) is 3.34. The third kappa shape index (κ3) is 2.05. The zero-order chi connectivity index (χ0) is 12.3. The van der Waals surface area contributed by atoms with Gasteiger partial charge >= 0.3 is 0 Å². The van der Waals surface area contributed by atoms with Crippen LogP contribution in [0.2, 0.25) is 0 Å². The van der Waals surface area contributed by atoms with E-state index in [1.54, 1.807) is 6.92 Å². The molecule has 0 saturated carbocycles. The summed E-state index contributed by atoms with van der Waals surface area (Å²) in [7, 11) is 0. The van der Waals surface area contributed by atoms with Crippen molar-refractivity contribution >= 4 is 11.8 Å². The number of rotatable bonds is 3. The molecule has 86 valence electrons. The highest BCUT2D eigenvalue weighted by Gasteiger charge is 2.18. The Morgan fingerprint density at radius 2 is 1.75 bits per heavy atom. The van der Waals surface area contributed by atoms with Crippen molar-refractivity contribution in [2.75, 3.05) is 6.54 Å². The van der Waals surface area contributed by atoms with Gasteiger partial charge in [0, 0.05) is 6.54 Å². The van der Waals surface area contributed by atoms with E-state index in [0.29, 0.717) is 6.54 Å². The van der Waals surface area contributed by atoms with Crippen molar-refractivity contribution in [1.29, 1.82) is 0 Å². The summed E-state index contributed by atoms with van der Waals surface area (Å²) in [6, 6.07) is 2.40. The highest BCUT2D eigenvalue weighted by atomic mass is 16.3. The number of carbonyl (C=O) groups is 2. The maximum Gasteiger partial charge on any atom is 0.255 e. The van der Waals surface area contributed by atoms with E-state index in [-0.39, 0.29) is 11.1 Å². The summed E-state index contributed by atoms with van der Waals surface area (Å²) >= 11 is 0. The van der Waals surface area contributed by atoms with Gasteiger partial charge in [-0.25, -0.2) is 0 Å². The Bertz CT molecular complexity index is 443. The molecule has 5 N–H and O–H groups in total. The topological polar surface area (TPSA) is 113 Å². The van der Waals surface area contributed by atoms with Crippen LogP contribution in [0.3, 0.4) is 0 Å². The number of aromatic hydroxyl groups is 2. The van der Waals surface area contributed by atoms with Crippen molar-refractivity contribution in [1.82, 2.24) is 5.32 Å². The second-order valence-corrected chi connectivity index (χ2v) is 3.08. The number of hydrogen-bond acceptors (Lipinski definition) is 4. The SMILES string of the molecule is CCNC(=O)c1ccc(C(N)=O)c(O)c1O. The van der Waals surface area contributed by atoms with E-state index in [2.05, 4.69) is 5.32 Å². The van der Waals surface area contributed by atoms with Gasteiger partial charge < -0.3 is 21.3 Å². The Balaban J connectivity index is 3.21. The zero-order valence-electron chi connectivity index (χ0n) is 8.65. The molecule has 0 heterocycles. The van der Waals surface area contributed by atoms with E-state index in [1.807, 2.05) is 0 Å². The van der Waals surface area contributed by atoms with Crippen LogP contribution < -0.4 is 11.1 Å². The average molecular weight is 224 g/mol. The maximum absolute atomic E-state index is 11.4. The first-order valence-corrected chi connectivity index (χ1v) is 4.62. The lowest BCUT2D eigenvalue weighted by Gasteiger charge is -2.08. The van der Waals surface area contributed by atoms with Crippen LogP contribution in [0.15, 0.2) is 12.1 Å². The van der Waals surface area contributed by atoms with Crippen molar-refractivity contribution in [3.05, 3.63) is 23.3 Å². The summed E-state index contributed by atoms with van der Waals surface area (Å²) in [4.78, 5) is 22.2. The number of amides is 2. The van der Waals surface area contributed by atoms with E-state index >= 15 is 0 Å². The van der Waals surface area contributed by atoms with Crippen LogP contribution >= 0.6 is 0 Å². The molecule has 0 aliphatic carbocycles. The fraction of sp³-hybridized carbons (Fsp3) is 0.200. The molecule has 0 aliphatic rings. The first-order chi connectivity index (χ1) is 7.49. The normalized spacial score (nSPS) is 9.81. The van der Waals surface area contributed by atoms with Gasteiger partial charge in [-0.2, -0.15) is 0 Å². The molecular weight excluding hydrogens is 212 g/mol. The summed E-state index contributed by atoms with van der Waals surface area (Å²) in [5.41, 5.74) is 4.62. The Morgan fingerprint density at radius 3 is 2.25 bits per heavy atom. The lowest BCUT2D eigenvalue weighted by atomic mass is 10.1. The lowest BCUT2D eigenvalue weighted by Crippen LogP contribution is -2.23. The Hall–Kier alpha value is -2.24. The summed E-state index contributed by atoms with van der Waals surface area (Å²) in [6.45, 7) is 2.10. The Labute approximate surface area is 91.7 Å². The van der Waals surface area contributed by atoms with E-state index in [9.17, 15) is 19.8 Å². The van der Waals surface area contributed by atoms with Crippen LogP contribution in [-0.2, 0) is 0 Å². The van der Waals surface area contributed by atoms with Crippen molar-refractivity contribution in [3.63, 3.8) is 0 Å². The first kappa shape index (κ1) is 11.8. The van der Waals surface area contributed by atoms with Gasteiger partial charge in [0.1, 0.15) is 0 Å². The molecule has 1 aromatic rings. The lowest BCUT2D eigenvalue weighted by molar-refractivity contribution is 0.0948. The predicted molar refractivity (Wildman–Crippen MR) is 56.3 cm³/mol. The van der Waals surface area contributed by atoms with Crippen LogP contribution in [0.1, 0.15) is 27.6 Å². The molecule has 6 heteroatoms. The fourth-order valence-electron chi connectivity index (χ4n) is 1.22. The van der Waals surface area contributed by atoms with Gasteiger partial charge in [-0.15, -0.1) is 0 Å². The van der Waals surface area contributed by atoms with Gasteiger partial charge in [0.2, 0.25) is 0 Å². The fourth-order valence-corrected chi connectivity index (χ4v) is 1.22. The van der Waals surface area contributed by atoms with Gasteiger partial charge in [0.05, 0.1) is 11.1 Å². The molecule has 1 rings (SSSR count). The van der Waals surface area contributed by atoms with Gasteiger partial charge in [-0.05, 0) is 19.1 Å². The Morgan fingerprint density at radius 1 is 1.25 bits per heavy atom. The molecule has 16 heavy (non-hydrogen) atoms. The highest BCUT2D eigenvalue weighted by Crippen LogP contribution is 2.32. The van der Waals surface area contributed by atoms with Crippen LogP contribution in [0.25, 0.3) is 0 Å². The smallest absolute Gasteiger partial charge is 0.255 e. The second-order valence-electron chi connectivity index (χ2n) is 3.08. The van der Waals surface area contributed by atoms with Crippen LogP contribution in [0.5, 0.6) is 11.5 Å². The first-order valence-electron chi connectivity index (χ1n) is 4.62. The summed E-state index contributed by atoms with van der Waals surface area (Å²) in [5, 5.41) is 21.4. The third-order valence-electron chi connectivity index (χ3n) is 2.00. The molecule has 1 aromatic carbocycles. The minimum absolute atomic E-state index is 0.107. The van der Waals surface area contributed by atoms with Gasteiger partial charge in [0.15, 0.2) is 11.5 Å². The number of primary amides is 1.